The number of alkyl halides is 3. The summed E-state index contributed by atoms with van der Waals surface area (Å²) in [7, 11) is 0. The standard InChI is InChI=1S/C23H24F3N7O2S/c1-6-32-9-14(10(3)30-32)13-8-15(23(24,25)26)28-22-17(13)18(19(36-22)20(27)34)29-21(35)16-11(4)31-33(7-2)12(16)5/h8-9H,6-7H2,1-5H3,(H2,27,34)(H,29,35). The van der Waals surface area contributed by atoms with Gasteiger partial charge in [0.25, 0.3) is 11.8 Å². The van der Waals surface area contributed by atoms with Crippen LogP contribution in [0.5, 0.6) is 0 Å². The van der Waals surface area contributed by atoms with E-state index in [0.717, 1.165) is 6.07 Å². The number of primary amides is 1. The van der Waals surface area contributed by atoms with Gasteiger partial charge in [-0.05, 0) is 46.2 Å². The minimum Gasteiger partial charge on any atom is -0.365 e. The Kier molecular flexibility index (Phi) is 6.37. The zero-order valence-electron chi connectivity index (χ0n) is 20.2. The molecular formula is C23H24F3N7O2S. The van der Waals surface area contributed by atoms with Gasteiger partial charge in [-0.1, -0.05) is 0 Å². The molecule has 36 heavy (non-hydrogen) atoms. The van der Waals surface area contributed by atoms with Crippen LogP contribution in [-0.4, -0.2) is 36.4 Å². The number of fused-ring (bicyclic) bond motifs is 1. The van der Waals surface area contributed by atoms with Crippen LogP contribution >= 0.6 is 11.3 Å². The van der Waals surface area contributed by atoms with Crippen LogP contribution in [0.15, 0.2) is 12.3 Å². The average molecular weight is 520 g/mol. The number of anilines is 1. The third kappa shape index (κ3) is 4.23. The zero-order valence-corrected chi connectivity index (χ0v) is 21.1. The molecule has 0 fully saturated rings. The number of nitrogens with two attached hydrogens (primary N) is 1. The molecule has 0 unspecified atom stereocenters. The van der Waals surface area contributed by atoms with Gasteiger partial charge < -0.3 is 11.1 Å². The van der Waals surface area contributed by atoms with Crippen LogP contribution in [0.4, 0.5) is 18.9 Å². The van der Waals surface area contributed by atoms with E-state index in [1.165, 1.54) is 0 Å². The molecule has 0 aliphatic carbocycles. The second kappa shape index (κ2) is 9.04. The lowest BCUT2D eigenvalue weighted by molar-refractivity contribution is -0.140. The Labute approximate surface area is 208 Å². The van der Waals surface area contributed by atoms with Crippen LogP contribution in [0, 0.1) is 20.8 Å². The summed E-state index contributed by atoms with van der Waals surface area (Å²) in [5.41, 5.74) is 6.91. The Morgan fingerprint density at radius 1 is 1.08 bits per heavy atom. The molecular weight excluding hydrogens is 495 g/mol. The highest BCUT2D eigenvalue weighted by molar-refractivity contribution is 7.21. The van der Waals surface area contributed by atoms with Crippen molar-refractivity contribution in [2.24, 2.45) is 5.73 Å². The number of pyridine rings is 1. The van der Waals surface area contributed by atoms with Crippen molar-refractivity contribution < 1.29 is 22.8 Å². The van der Waals surface area contributed by atoms with Crippen LogP contribution in [0.3, 0.4) is 0 Å². The van der Waals surface area contributed by atoms with Crippen LogP contribution in [0.1, 0.15) is 56.7 Å². The lowest BCUT2D eigenvalue weighted by Crippen LogP contribution is -2.18. The molecule has 190 valence electrons. The Morgan fingerprint density at radius 3 is 2.31 bits per heavy atom. The van der Waals surface area contributed by atoms with E-state index in [-0.39, 0.29) is 26.3 Å². The summed E-state index contributed by atoms with van der Waals surface area (Å²) in [5.74, 6) is -1.45. The quantitative estimate of drug-likeness (QED) is 0.383. The second-order valence-corrected chi connectivity index (χ2v) is 9.20. The van der Waals surface area contributed by atoms with E-state index in [9.17, 15) is 22.8 Å². The summed E-state index contributed by atoms with van der Waals surface area (Å²) >= 11 is 0.696. The fourth-order valence-electron chi connectivity index (χ4n) is 4.20. The molecule has 4 aromatic rings. The van der Waals surface area contributed by atoms with Gasteiger partial charge in [0.05, 0.1) is 22.6 Å². The van der Waals surface area contributed by atoms with Gasteiger partial charge in [0, 0.05) is 35.9 Å². The molecule has 0 radical (unpaired) electrons. The number of nitrogens with zero attached hydrogens (tertiary/aromatic N) is 5. The maximum absolute atomic E-state index is 13.8. The van der Waals surface area contributed by atoms with Gasteiger partial charge >= 0.3 is 6.18 Å². The largest absolute Gasteiger partial charge is 0.433 e. The van der Waals surface area contributed by atoms with Crippen LogP contribution in [0.2, 0.25) is 0 Å². The number of rotatable bonds is 6. The Morgan fingerprint density at radius 2 is 1.78 bits per heavy atom. The van der Waals surface area contributed by atoms with Gasteiger partial charge in [-0.2, -0.15) is 23.4 Å². The fraction of sp³-hybridized carbons (Fsp3) is 0.348. The van der Waals surface area contributed by atoms with E-state index in [4.69, 9.17) is 5.73 Å². The first-order valence-corrected chi connectivity index (χ1v) is 11.9. The van der Waals surface area contributed by atoms with E-state index >= 15 is 0 Å². The number of thiophene rings is 1. The predicted octanol–water partition coefficient (Wildman–Crippen LogP) is 4.69. The maximum Gasteiger partial charge on any atom is 0.433 e. The van der Waals surface area contributed by atoms with E-state index in [1.807, 2.05) is 13.8 Å². The second-order valence-electron chi connectivity index (χ2n) is 8.20. The molecule has 0 atom stereocenters. The summed E-state index contributed by atoms with van der Waals surface area (Å²) in [4.78, 5) is 29.3. The van der Waals surface area contributed by atoms with E-state index < -0.39 is 23.7 Å². The number of aromatic nitrogens is 5. The monoisotopic (exact) mass is 519 g/mol. The Bertz CT molecular complexity index is 1510. The third-order valence-corrected chi connectivity index (χ3v) is 6.98. The van der Waals surface area contributed by atoms with Crippen molar-refractivity contribution in [1.29, 1.82) is 0 Å². The smallest absolute Gasteiger partial charge is 0.365 e. The van der Waals surface area contributed by atoms with Gasteiger partial charge in [0.15, 0.2) is 0 Å². The van der Waals surface area contributed by atoms with Crippen molar-refractivity contribution in [3.63, 3.8) is 0 Å². The van der Waals surface area contributed by atoms with Crippen LogP contribution in [0.25, 0.3) is 21.3 Å². The highest BCUT2D eigenvalue weighted by Crippen LogP contribution is 2.44. The van der Waals surface area contributed by atoms with Crippen LogP contribution in [-0.2, 0) is 19.3 Å². The molecule has 4 rings (SSSR count). The van der Waals surface area contributed by atoms with Crippen molar-refractivity contribution >= 4 is 39.1 Å². The third-order valence-electron chi connectivity index (χ3n) is 5.88. The lowest BCUT2D eigenvalue weighted by Gasteiger charge is -2.12. The molecule has 0 aliphatic rings. The number of hydrogen-bond donors (Lipinski definition) is 2. The SMILES string of the molecule is CCn1cc(-c2cc(C(F)(F)F)nc3sc(C(N)=O)c(NC(=O)c4c(C)nn(CC)c4C)c23)c(C)n1. The van der Waals surface area contributed by atoms with Gasteiger partial charge in [0.2, 0.25) is 0 Å². The molecule has 0 aliphatic heterocycles. The number of carbonyl (C=O) groups excluding carboxylic acids is 2. The Hall–Kier alpha value is -3.74. The number of halogens is 3. The highest BCUT2D eigenvalue weighted by Gasteiger charge is 2.35. The lowest BCUT2D eigenvalue weighted by atomic mass is 10.0. The van der Waals surface area contributed by atoms with Crippen LogP contribution < -0.4 is 11.1 Å². The number of hydrogen-bond acceptors (Lipinski definition) is 6. The molecule has 4 aromatic heterocycles. The van der Waals surface area contributed by atoms with Gasteiger partial charge in [-0.25, -0.2) is 4.98 Å². The first kappa shape index (κ1) is 25.4. The van der Waals surface area contributed by atoms with Gasteiger partial charge in [-0.3, -0.25) is 19.0 Å². The van der Waals surface area contributed by atoms with Crippen molar-refractivity contribution in [3.05, 3.63) is 45.5 Å². The molecule has 2 amide bonds. The number of aryl methyl sites for hydroxylation is 4. The molecule has 0 saturated heterocycles. The van der Waals surface area contributed by atoms with E-state index in [2.05, 4.69) is 20.5 Å². The molecule has 9 nitrogen and oxygen atoms in total. The van der Waals surface area contributed by atoms with Crippen molar-refractivity contribution in [2.75, 3.05) is 5.32 Å². The molecule has 4 heterocycles. The summed E-state index contributed by atoms with van der Waals surface area (Å²) in [6.45, 7) is 9.87. The van der Waals surface area contributed by atoms with E-state index in [0.29, 0.717) is 52.6 Å². The molecule has 0 aromatic carbocycles. The highest BCUT2D eigenvalue weighted by atomic mass is 32.1. The van der Waals surface area contributed by atoms with Crippen molar-refractivity contribution in [1.82, 2.24) is 24.5 Å². The molecule has 13 heteroatoms. The maximum atomic E-state index is 13.8. The molecule has 3 N–H and O–H groups in total. The number of carbonyl (C=O) groups is 2. The molecule has 0 saturated carbocycles. The fourth-order valence-corrected chi connectivity index (χ4v) is 5.21. The van der Waals surface area contributed by atoms with Gasteiger partial charge in [0.1, 0.15) is 15.4 Å². The summed E-state index contributed by atoms with van der Waals surface area (Å²) in [5, 5.41) is 11.6. The Balaban J connectivity index is 2.01. The van der Waals surface area contributed by atoms with Gasteiger partial charge in [-0.15, -0.1) is 11.3 Å². The first-order chi connectivity index (χ1) is 16.9. The van der Waals surface area contributed by atoms with Crippen molar-refractivity contribution in [2.45, 2.75) is 53.9 Å². The molecule has 0 bridgehead atoms. The summed E-state index contributed by atoms with van der Waals surface area (Å²) in [6, 6.07) is 0.908. The number of amides is 2. The normalized spacial score (nSPS) is 11.9. The summed E-state index contributed by atoms with van der Waals surface area (Å²) in [6.07, 6.45) is -3.11. The predicted molar refractivity (Wildman–Crippen MR) is 130 cm³/mol. The minimum absolute atomic E-state index is 0.00965. The minimum atomic E-state index is -4.74. The topological polar surface area (TPSA) is 121 Å². The molecule has 0 spiro atoms. The average Bonchev–Trinajstić information content (AvgIpc) is 3.45. The number of nitrogens with one attached hydrogen (secondary N) is 1. The van der Waals surface area contributed by atoms with Crippen molar-refractivity contribution in [3.8, 4) is 11.1 Å². The summed E-state index contributed by atoms with van der Waals surface area (Å²) < 4.78 is 44.5. The first-order valence-electron chi connectivity index (χ1n) is 11.1. The zero-order chi connectivity index (χ0) is 26.5. The van der Waals surface area contributed by atoms with E-state index in [1.54, 1.807) is 36.3 Å².